The number of benzene rings is 1. The van der Waals surface area contributed by atoms with Crippen LogP contribution in [0.2, 0.25) is 0 Å². The van der Waals surface area contributed by atoms with Crippen LogP contribution in [0.15, 0.2) is 29.2 Å². The highest BCUT2D eigenvalue weighted by molar-refractivity contribution is 7.89. The molecular weight excluding hydrogens is 296 g/mol. The molecule has 0 aromatic heterocycles. The lowest BCUT2D eigenvalue weighted by molar-refractivity contribution is -0.385. The summed E-state index contributed by atoms with van der Waals surface area (Å²) in [7, 11) is -2.20. The van der Waals surface area contributed by atoms with Gasteiger partial charge in [-0.05, 0) is 24.8 Å². The molecular formula is C13H18N2O5S. The largest absolute Gasteiger partial charge is 0.381 e. The molecule has 0 aliphatic carbocycles. The van der Waals surface area contributed by atoms with Gasteiger partial charge in [0.2, 0.25) is 10.0 Å². The summed E-state index contributed by atoms with van der Waals surface area (Å²) in [4.78, 5) is 10.1. The molecule has 1 aliphatic rings. The summed E-state index contributed by atoms with van der Waals surface area (Å²) in [5.41, 5.74) is -0.226. The minimum Gasteiger partial charge on any atom is -0.381 e. The normalized spacial score (nSPS) is 17.0. The van der Waals surface area contributed by atoms with E-state index in [2.05, 4.69) is 0 Å². The first-order valence-corrected chi connectivity index (χ1v) is 8.14. The van der Waals surface area contributed by atoms with Crippen LogP contribution in [-0.2, 0) is 14.8 Å². The summed E-state index contributed by atoms with van der Waals surface area (Å²) < 4.78 is 31.4. The van der Waals surface area contributed by atoms with E-state index >= 15 is 0 Å². The molecule has 0 N–H and O–H groups in total. The molecule has 0 saturated carbocycles. The molecule has 1 aromatic rings. The van der Waals surface area contributed by atoms with Crippen molar-refractivity contribution in [3.8, 4) is 0 Å². The van der Waals surface area contributed by atoms with Crippen LogP contribution >= 0.6 is 0 Å². The quantitative estimate of drug-likeness (QED) is 0.609. The second-order valence-corrected chi connectivity index (χ2v) is 7.14. The maximum Gasteiger partial charge on any atom is 0.270 e. The smallest absolute Gasteiger partial charge is 0.270 e. The maximum atomic E-state index is 12.5. The lowest BCUT2D eigenvalue weighted by Crippen LogP contribution is -2.34. The number of ether oxygens (including phenoxy) is 1. The molecule has 7 nitrogen and oxygen atoms in total. The Balaban J connectivity index is 2.16. The minimum absolute atomic E-state index is 0.0498. The van der Waals surface area contributed by atoms with E-state index in [0.717, 1.165) is 18.9 Å². The van der Waals surface area contributed by atoms with Crippen molar-refractivity contribution in [3.63, 3.8) is 0 Å². The van der Waals surface area contributed by atoms with E-state index in [1.165, 1.54) is 29.6 Å². The van der Waals surface area contributed by atoms with E-state index in [0.29, 0.717) is 19.8 Å². The van der Waals surface area contributed by atoms with Crippen LogP contribution in [0.5, 0.6) is 0 Å². The van der Waals surface area contributed by atoms with Gasteiger partial charge in [-0.1, -0.05) is 6.07 Å². The number of sulfonamides is 1. The second-order valence-electron chi connectivity index (χ2n) is 5.10. The zero-order valence-electron chi connectivity index (χ0n) is 11.8. The van der Waals surface area contributed by atoms with E-state index in [1.807, 2.05) is 0 Å². The van der Waals surface area contributed by atoms with Gasteiger partial charge in [0.15, 0.2) is 0 Å². The van der Waals surface area contributed by atoms with E-state index in [4.69, 9.17) is 4.74 Å². The van der Waals surface area contributed by atoms with Gasteiger partial charge in [0.25, 0.3) is 5.69 Å². The Hall–Kier alpha value is -1.51. The van der Waals surface area contributed by atoms with Crippen LogP contribution in [-0.4, -0.2) is 44.5 Å². The van der Waals surface area contributed by atoms with Crippen LogP contribution in [0.4, 0.5) is 5.69 Å². The van der Waals surface area contributed by atoms with E-state index < -0.39 is 14.9 Å². The van der Waals surface area contributed by atoms with Gasteiger partial charge in [0.1, 0.15) is 0 Å². The molecule has 8 heteroatoms. The molecule has 1 aromatic carbocycles. The van der Waals surface area contributed by atoms with Crippen molar-refractivity contribution >= 4 is 15.7 Å². The lowest BCUT2D eigenvalue weighted by atomic mass is 10.0. The summed E-state index contributed by atoms with van der Waals surface area (Å²) in [5.74, 6) is 0.261. The van der Waals surface area contributed by atoms with Gasteiger partial charge in [-0.3, -0.25) is 10.1 Å². The van der Waals surface area contributed by atoms with Crippen molar-refractivity contribution < 1.29 is 18.1 Å². The molecule has 1 heterocycles. The Morgan fingerprint density at radius 2 is 2.05 bits per heavy atom. The fourth-order valence-electron chi connectivity index (χ4n) is 2.33. The van der Waals surface area contributed by atoms with Gasteiger partial charge >= 0.3 is 0 Å². The summed E-state index contributed by atoms with van der Waals surface area (Å²) >= 11 is 0. The SMILES string of the molecule is CN(CC1CCOCC1)S(=O)(=O)c1cccc([N+](=O)[O-])c1. The Labute approximate surface area is 123 Å². The van der Waals surface area contributed by atoms with Crippen molar-refractivity contribution in [2.45, 2.75) is 17.7 Å². The summed E-state index contributed by atoms with van der Waals surface area (Å²) in [5, 5.41) is 10.8. The molecule has 1 fully saturated rings. The Morgan fingerprint density at radius 3 is 2.67 bits per heavy atom. The maximum absolute atomic E-state index is 12.5. The summed E-state index contributed by atoms with van der Waals surface area (Å²) in [6, 6.07) is 5.13. The third-order valence-corrected chi connectivity index (χ3v) is 5.41. The molecule has 0 bridgehead atoms. The Kier molecular flexibility index (Phi) is 4.92. The van der Waals surface area contributed by atoms with Gasteiger partial charge in [0, 0.05) is 38.9 Å². The summed E-state index contributed by atoms with van der Waals surface area (Å²) in [6.45, 7) is 1.69. The van der Waals surface area contributed by atoms with Crippen LogP contribution in [0, 0.1) is 16.0 Å². The predicted octanol–water partition coefficient (Wildman–Crippen LogP) is 1.64. The lowest BCUT2D eigenvalue weighted by Gasteiger charge is -2.26. The van der Waals surface area contributed by atoms with Gasteiger partial charge < -0.3 is 4.74 Å². The molecule has 2 rings (SSSR count). The number of nitro groups is 1. The van der Waals surface area contributed by atoms with Crippen LogP contribution in [0.1, 0.15) is 12.8 Å². The average Bonchev–Trinajstić information content (AvgIpc) is 2.48. The average molecular weight is 314 g/mol. The third-order valence-electron chi connectivity index (χ3n) is 3.59. The highest BCUT2D eigenvalue weighted by Gasteiger charge is 2.26. The Bertz CT molecular complexity index is 611. The van der Waals surface area contributed by atoms with Crippen LogP contribution < -0.4 is 0 Å². The van der Waals surface area contributed by atoms with Crippen molar-refractivity contribution in [1.82, 2.24) is 4.31 Å². The van der Waals surface area contributed by atoms with Crippen LogP contribution in [0.25, 0.3) is 0 Å². The van der Waals surface area contributed by atoms with E-state index in [-0.39, 0.29) is 16.5 Å². The fraction of sp³-hybridized carbons (Fsp3) is 0.538. The molecule has 21 heavy (non-hydrogen) atoms. The monoisotopic (exact) mass is 314 g/mol. The standard InChI is InChI=1S/C13H18N2O5S/c1-14(10-11-5-7-20-8-6-11)21(18,19)13-4-2-3-12(9-13)15(16)17/h2-4,9,11H,5-8,10H2,1H3. The predicted molar refractivity (Wildman–Crippen MR) is 76.5 cm³/mol. The van der Waals surface area contributed by atoms with Crippen molar-refractivity contribution in [1.29, 1.82) is 0 Å². The number of non-ortho nitro benzene ring substituents is 1. The highest BCUT2D eigenvalue weighted by atomic mass is 32.2. The molecule has 1 aliphatic heterocycles. The van der Waals surface area contributed by atoms with Gasteiger partial charge in [-0.15, -0.1) is 0 Å². The molecule has 0 unspecified atom stereocenters. The third kappa shape index (κ3) is 3.78. The van der Waals surface area contributed by atoms with Gasteiger partial charge in [-0.2, -0.15) is 0 Å². The van der Waals surface area contributed by atoms with Crippen molar-refractivity contribution in [2.24, 2.45) is 5.92 Å². The number of nitro benzene ring substituents is 1. The topological polar surface area (TPSA) is 89.8 Å². The van der Waals surface area contributed by atoms with Crippen molar-refractivity contribution in [2.75, 3.05) is 26.8 Å². The van der Waals surface area contributed by atoms with Crippen LogP contribution in [0.3, 0.4) is 0 Å². The number of nitrogens with zero attached hydrogens (tertiary/aromatic N) is 2. The number of hydrogen-bond acceptors (Lipinski definition) is 5. The molecule has 0 spiro atoms. The zero-order chi connectivity index (χ0) is 15.5. The molecule has 116 valence electrons. The summed E-state index contributed by atoms with van der Waals surface area (Å²) in [6.07, 6.45) is 1.66. The molecule has 0 atom stereocenters. The molecule has 1 saturated heterocycles. The van der Waals surface area contributed by atoms with Gasteiger partial charge in [0.05, 0.1) is 9.82 Å². The van der Waals surface area contributed by atoms with Gasteiger partial charge in [-0.25, -0.2) is 12.7 Å². The zero-order valence-corrected chi connectivity index (χ0v) is 12.6. The first-order valence-electron chi connectivity index (χ1n) is 6.70. The number of rotatable bonds is 5. The van der Waals surface area contributed by atoms with Crippen molar-refractivity contribution in [3.05, 3.63) is 34.4 Å². The second kappa shape index (κ2) is 6.50. The fourth-order valence-corrected chi connectivity index (χ4v) is 3.62. The van der Waals surface area contributed by atoms with E-state index in [1.54, 1.807) is 0 Å². The Morgan fingerprint density at radius 1 is 1.38 bits per heavy atom. The minimum atomic E-state index is -3.71. The first kappa shape index (κ1) is 15.9. The molecule has 0 amide bonds. The number of hydrogen-bond donors (Lipinski definition) is 0. The molecule has 0 radical (unpaired) electrons. The highest BCUT2D eigenvalue weighted by Crippen LogP contribution is 2.23. The van der Waals surface area contributed by atoms with E-state index in [9.17, 15) is 18.5 Å². The first-order chi connectivity index (χ1) is 9.91.